The zero-order valence-corrected chi connectivity index (χ0v) is 37.7. The van der Waals surface area contributed by atoms with E-state index < -0.39 is 0 Å². The van der Waals surface area contributed by atoms with Crippen molar-refractivity contribution in [2.45, 2.75) is 182 Å². The summed E-state index contributed by atoms with van der Waals surface area (Å²) in [6.07, 6.45) is 30.1. The van der Waals surface area contributed by atoms with Crippen LogP contribution in [-0.4, -0.2) is 24.9 Å². The Kier molecular flexibility index (Phi) is 20.3. The fraction of sp³-hybridized carbons (Fsp3) is 0.696. The topological polar surface area (TPSA) is 40.6 Å². The quantitative estimate of drug-likeness (QED) is 0.0631. The Morgan fingerprint density at radius 2 is 0.943 bits per heavy atom. The van der Waals surface area contributed by atoms with Crippen LogP contribution in [0.25, 0.3) is 11.1 Å². The Bertz CT molecular complexity index is 1450. The summed E-state index contributed by atoms with van der Waals surface area (Å²) in [7, 11) is 0. The molecule has 0 N–H and O–H groups in total. The average Bonchev–Trinajstić information content (AvgIpc) is 3.73. The fourth-order valence-electron chi connectivity index (χ4n) is 8.51. The first-order valence-electron chi connectivity index (χ1n) is 21.8. The van der Waals surface area contributed by atoms with E-state index in [0.717, 1.165) is 68.8 Å². The predicted molar refractivity (Wildman–Crippen MR) is 238 cm³/mol. The minimum atomic E-state index is 0.00321. The molecule has 0 bridgehead atoms. The molecule has 53 heavy (non-hydrogen) atoms. The molecule has 2 aliphatic rings. The van der Waals surface area contributed by atoms with Gasteiger partial charge in [0.15, 0.2) is 0 Å². The highest BCUT2D eigenvalue weighted by atomic mass is 79.9. The normalized spacial score (nSPS) is 16.6. The molecule has 0 saturated carbocycles. The molecule has 1 aromatic heterocycles. The highest BCUT2D eigenvalue weighted by Gasteiger charge is 2.44. The minimum absolute atomic E-state index is 0.00321. The van der Waals surface area contributed by atoms with Crippen molar-refractivity contribution in [3.8, 4) is 0 Å². The van der Waals surface area contributed by atoms with Crippen LogP contribution in [-0.2, 0) is 9.59 Å². The fourth-order valence-corrected chi connectivity index (χ4v) is 10.5. The van der Waals surface area contributed by atoms with Crippen LogP contribution in [0.2, 0.25) is 0 Å². The third kappa shape index (κ3) is 13.1. The molecular weight excluding hydrogens is 804 g/mol. The van der Waals surface area contributed by atoms with Crippen LogP contribution in [0.4, 0.5) is 11.4 Å². The molecule has 0 saturated heterocycles. The van der Waals surface area contributed by atoms with Gasteiger partial charge in [0.1, 0.15) is 0 Å². The Hall–Kier alpha value is -1.44. The van der Waals surface area contributed by atoms with Gasteiger partial charge in [0.2, 0.25) is 0 Å². The molecule has 2 aliphatic heterocycles. The molecule has 7 heteroatoms. The second kappa shape index (κ2) is 24.3. The van der Waals surface area contributed by atoms with Gasteiger partial charge in [0.25, 0.3) is 11.8 Å². The smallest absolute Gasteiger partial charge is 0.260 e. The molecule has 2 amide bonds. The molecule has 0 radical (unpaired) electrons. The molecule has 3 heterocycles. The second-order valence-corrected chi connectivity index (χ2v) is 19.4. The number of hydrogen-bond acceptors (Lipinski definition) is 3. The van der Waals surface area contributed by atoms with E-state index in [9.17, 15) is 9.59 Å². The average molecular weight is 875 g/mol. The molecule has 0 aliphatic carbocycles. The van der Waals surface area contributed by atoms with Gasteiger partial charge < -0.3 is 9.80 Å². The molecule has 4 nitrogen and oxygen atoms in total. The first-order chi connectivity index (χ1) is 25.8. The number of amides is 2. The predicted octanol–water partition coefficient (Wildman–Crippen LogP) is 15.6. The number of anilines is 2. The SMILES string of the molecule is CCCCCCCCC(CCCCCC)CN1C(=O)C(=C2C(=O)N(CC(CCCCCC)CCCCCCCC)c3cc(Br)sc32)c2ccc(Br)cc21. The lowest BCUT2D eigenvalue weighted by molar-refractivity contribution is -0.114. The van der Waals surface area contributed by atoms with E-state index in [-0.39, 0.29) is 11.8 Å². The highest BCUT2D eigenvalue weighted by Crippen LogP contribution is 2.51. The summed E-state index contributed by atoms with van der Waals surface area (Å²) in [6, 6.07) is 8.33. The van der Waals surface area contributed by atoms with Gasteiger partial charge >= 0.3 is 0 Å². The summed E-state index contributed by atoms with van der Waals surface area (Å²) in [5.74, 6) is 0.939. The van der Waals surface area contributed by atoms with E-state index in [1.165, 1.54) is 128 Å². The summed E-state index contributed by atoms with van der Waals surface area (Å²) in [5, 5.41) is 0. The minimum Gasteiger partial charge on any atom is -0.307 e. The number of rotatable bonds is 28. The number of nitrogens with zero attached hydrogens (tertiary/aromatic N) is 2. The van der Waals surface area contributed by atoms with Gasteiger partial charge in [-0.25, -0.2) is 0 Å². The highest BCUT2D eigenvalue weighted by molar-refractivity contribution is 9.11. The van der Waals surface area contributed by atoms with Crippen LogP contribution >= 0.6 is 43.2 Å². The number of carbonyl (C=O) groups excluding carboxylic acids is 2. The molecule has 0 fully saturated rings. The maximum atomic E-state index is 14.8. The maximum Gasteiger partial charge on any atom is 0.260 e. The molecular formula is C46H70Br2N2O2S. The number of unbranched alkanes of at least 4 members (excludes halogenated alkanes) is 16. The van der Waals surface area contributed by atoms with Crippen molar-refractivity contribution in [2.24, 2.45) is 11.8 Å². The summed E-state index contributed by atoms with van der Waals surface area (Å²) in [4.78, 5) is 34.6. The zero-order chi connectivity index (χ0) is 38.0. The number of hydrogen-bond donors (Lipinski definition) is 0. The van der Waals surface area contributed by atoms with Gasteiger partial charge in [-0.2, -0.15) is 0 Å². The molecule has 2 aromatic rings. The number of fused-ring (bicyclic) bond motifs is 2. The van der Waals surface area contributed by atoms with Crippen molar-refractivity contribution in [2.75, 3.05) is 22.9 Å². The van der Waals surface area contributed by atoms with Crippen LogP contribution in [0.3, 0.4) is 0 Å². The summed E-state index contributed by atoms with van der Waals surface area (Å²) in [6.45, 7) is 10.5. The Labute approximate surface area is 344 Å². The Balaban J connectivity index is 1.60. The van der Waals surface area contributed by atoms with Gasteiger partial charge in [-0.05, 0) is 71.6 Å². The lowest BCUT2D eigenvalue weighted by Gasteiger charge is -2.25. The third-order valence-corrected chi connectivity index (χ3v) is 13.8. The Morgan fingerprint density at radius 3 is 1.43 bits per heavy atom. The first kappa shape index (κ1) is 44.3. The molecule has 4 rings (SSSR count). The van der Waals surface area contributed by atoms with E-state index >= 15 is 0 Å². The van der Waals surface area contributed by atoms with Gasteiger partial charge in [0, 0.05) is 23.1 Å². The number of thiophene rings is 1. The van der Waals surface area contributed by atoms with Gasteiger partial charge in [0.05, 0.1) is 31.2 Å². The molecule has 2 unspecified atom stereocenters. The van der Waals surface area contributed by atoms with Crippen molar-refractivity contribution in [3.63, 3.8) is 0 Å². The number of carbonyl (C=O) groups is 2. The zero-order valence-electron chi connectivity index (χ0n) is 33.7. The van der Waals surface area contributed by atoms with Crippen molar-refractivity contribution in [1.29, 1.82) is 0 Å². The first-order valence-corrected chi connectivity index (χ1v) is 24.2. The molecule has 1 aromatic carbocycles. The van der Waals surface area contributed by atoms with Gasteiger partial charge in [-0.15, -0.1) is 11.3 Å². The van der Waals surface area contributed by atoms with Crippen molar-refractivity contribution in [1.82, 2.24) is 0 Å². The standard InChI is InChI=1S/C46H70Br2N2O2S/c1-5-9-13-17-19-23-27-35(25-21-15-11-7-3)33-49-39-31-37(47)29-30-38(39)42(45(49)51)43-44-40(32-41(48)53-44)50(46(43)52)34-36(26-22-16-12-8-4)28-24-20-18-14-10-6-2/h29-32,35-36H,5-28,33-34H2,1-4H3. The summed E-state index contributed by atoms with van der Waals surface area (Å²) >= 11 is 9.11. The van der Waals surface area contributed by atoms with Crippen LogP contribution < -0.4 is 9.80 Å². The third-order valence-electron chi connectivity index (χ3n) is 11.6. The maximum absolute atomic E-state index is 14.8. The van der Waals surface area contributed by atoms with Crippen molar-refractivity contribution in [3.05, 3.63) is 43.0 Å². The van der Waals surface area contributed by atoms with Crippen LogP contribution in [0.15, 0.2) is 32.5 Å². The molecule has 0 spiro atoms. The monoisotopic (exact) mass is 872 g/mol. The van der Waals surface area contributed by atoms with Crippen molar-refractivity contribution < 1.29 is 9.59 Å². The van der Waals surface area contributed by atoms with Gasteiger partial charge in [-0.3, -0.25) is 9.59 Å². The van der Waals surface area contributed by atoms with E-state index in [1.807, 2.05) is 15.9 Å². The Morgan fingerprint density at radius 1 is 0.528 bits per heavy atom. The van der Waals surface area contributed by atoms with E-state index in [4.69, 9.17) is 0 Å². The summed E-state index contributed by atoms with van der Waals surface area (Å²) in [5.41, 5.74) is 4.07. The number of halogens is 2. The van der Waals surface area contributed by atoms with Crippen LogP contribution in [0.5, 0.6) is 0 Å². The van der Waals surface area contributed by atoms with Crippen LogP contribution in [0.1, 0.15) is 192 Å². The summed E-state index contributed by atoms with van der Waals surface area (Å²) < 4.78 is 1.98. The van der Waals surface area contributed by atoms with Gasteiger partial charge in [-0.1, -0.05) is 178 Å². The lowest BCUT2D eigenvalue weighted by Crippen LogP contribution is -2.34. The molecule has 296 valence electrons. The number of benzene rings is 1. The van der Waals surface area contributed by atoms with Crippen molar-refractivity contribution >= 4 is 77.5 Å². The van der Waals surface area contributed by atoms with Crippen LogP contribution in [0, 0.1) is 11.8 Å². The lowest BCUT2D eigenvalue weighted by atomic mass is 9.93. The molecule has 2 atom stereocenters. The van der Waals surface area contributed by atoms with E-state index in [2.05, 4.69) is 77.8 Å². The van der Waals surface area contributed by atoms with E-state index in [1.54, 1.807) is 11.3 Å². The van der Waals surface area contributed by atoms with E-state index in [0.29, 0.717) is 23.0 Å². The second-order valence-electron chi connectivity index (χ2n) is 16.1. The largest absolute Gasteiger partial charge is 0.307 e.